The van der Waals surface area contributed by atoms with Crippen LogP contribution in [0, 0.1) is 0 Å². The van der Waals surface area contributed by atoms with Crippen LogP contribution in [0.4, 0.5) is 0 Å². The van der Waals surface area contributed by atoms with Crippen LogP contribution in [-0.2, 0) is 19.3 Å². The minimum absolute atomic E-state index is 1.27. The monoisotopic (exact) mass is 639 g/mol. The van der Waals surface area contributed by atoms with Gasteiger partial charge in [-0.25, -0.2) is 0 Å². The molecule has 0 saturated heterocycles. The molecule has 0 heterocycles. The molecular weight excluding hydrogens is 553 g/mol. The maximum absolute atomic E-state index is 2.58. The SMILES string of the molecule is CCCCCCCCCCCCCCCCCCc1cc(CCCC)cc(CCCCCCCCCCCCCCCCCC)c1. The van der Waals surface area contributed by atoms with E-state index in [2.05, 4.69) is 39.0 Å². The molecule has 0 aliphatic carbocycles. The van der Waals surface area contributed by atoms with E-state index in [1.54, 1.807) is 16.7 Å². The first-order valence-electron chi connectivity index (χ1n) is 21.9. The van der Waals surface area contributed by atoms with Crippen LogP contribution in [0.1, 0.15) is 256 Å². The Labute approximate surface area is 292 Å². The third kappa shape index (κ3) is 29.4. The molecule has 0 heteroatoms. The summed E-state index contributed by atoms with van der Waals surface area (Å²) in [6.45, 7) is 6.95. The van der Waals surface area contributed by atoms with Crippen LogP contribution in [0.25, 0.3) is 0 Å². The normalized spacial score (nSPS) is 11.5. The van der Waals surface area contributed by atoms with Gasteiger partial charge in [0.25, 0.3) is 0 Å². The second-order valence-electron chi connectivity index (χ2n) is 15.4. The van der Waals surface area contributed by atoms with E-state index < -0.39 is 0 Å². The van der Waals surface area contributed by atoms with Gasteiger partial charge in [-0.3, -0.25) is 0 Å². The Balaban J connectivity index is 2.06. The molecule has 0 spiro atoms. The molecule has 0 radical (unpaired) electrons. The summed E-state index contributed by atoms with van der Waals surface area (Å²) < 4.78 is 0. The third-order valence-corrected chi connectivity index (χ3v) is 10.6. The Hall–Kier alpha value is -0.780. The molecule has 270 valence electrons. The second-order valence-corrected chi connectivity index (χ2v) is 15.4. The molecule has 0 atom stereocenters. The number of unbranched alkanes of at least 4 members (excludes halogenated alkanes) is 31. The van der Waals surface area contributed by atoms with Crippen LogP contribution < -0.4 is 0 Å². The van der Waals surface area contributed by atoms with Gasteiger partial charge in [-0.15, -0.1) is 0 Å². The zero-order valence-electron chi connectivity index (χ0n) is 32.4. The standard InChI is InChI=1S/C46H86/c1-4-7-10-12-14-16-18-20-22-24-26-28-30-32-34-36-39-45-41-44(38-9-6-3)42-46(43-45)40-37-35-33-31-29-27-25-23-21-19-17-15-13-11-8-5-2/h41-43H,4-40H2,1-3H3. The Morgan fingerprint density at radius 3 is 0.609 bits per heavy atom. The van der Waals surface area contributed by atoms with Crippen LogP contribution in [0.2, 0.25) is 0 Å². The van der Waals surface area contributed by atoms with Gasteiger partial charge < -0.3 is 0 Å². The fourth-order valence-corrected chi connectivity index (χ4v) is 7.41. The van der Waals surface area contributed by atoms with E-state index in [1.165, 1.54) is 238 Å². The highest BCUT2D eigenvalue weighted by atomic mass is 14.1. The second kappa shape index (κ2) is 35.5. The predicted molar refractivity (Wildman–Crippen MR) is 212 cm³/mol. The van der Waals surface area contributed by atoms with Crippen LogP contribution in [0.5, 0.6) is 0 Å². The Morgan fingerprint density at radius 1 is 0.217 bits per heavy atom. The molecule has 0 nitrogen and oxygen atoms in total. The maximum atomic E-state index is 2.58. The lowest BCUT2D eigenvalue weighted by molar-refractivity contribution is 0.529. The van der Waals surface area contributed by atoms with Crippen LogP contribution >= 0.6 is 0 Å². The fourth-order valence-electron chi connectivity index (χ4n) is 7.41. The summed E-state index contributed by atoms with van der Waals surface area (Å²) in [5.74, 6) is 0. The molecular formula is C46H86. The van der Waals surface area contributed by atoms with Crippen molar-refractivity contribution >= 4 is 0 Å². The van der Waals surface area contributed by atoms with Crippen molar-refractivity contribution in [1.82, 2.24) is 0 Å². The largest absolute Gasteiger partial charge is 0.0654 e. The molecule has 1 aromatic rings. The van der Waals surface area contributed by atoms with Gasteiger partial charge in [-0.1, -0.05) is 238 Å². The lowest BCUT2D eigenvalue weighted by Gasteiger charge is -2.11. The van der Waals surface area contributed by atoms with Gasteiger partial charge >= 0.3 is 0 Å². The quantitative estimate of drug-likeness (QED) is 0.0636. The lowest BCUT2D eigenvalue weighted by Crippen LogP contribution is -1.96. The van der Waals surface area contributed by atoms with E-state index in [0.717, 1.165) is 0 Å². The number of rotatable bonds is 37. The van der Waals surface area contributed by atoms with E-state index in [9.17, 15) is 0 Å². The minimum atomic E-state index is 1.27. The summed E-state index contributed by atoms with van der Waals surface area (Å²) in [7, 11) is 0. The van der Waals surface area contributed by atoms with E-state index in [1.807, 2.05) is 0 Å². The van der Waals surface area contributed by atoms with E-state index in [0.29, 0.717) is 0 Å². The van der Waals surface area contributed by atoms with Crippen LogP contribution in [-0.4, -0.2) is 0 Å². The Kier molecular flexibility index (Phi) is 33.4. The van der Waals surface area contributed by atoms with Crippen LogP contribution in [0.3, 0.4) is 0 Å². The van der Waals surface area contributed by atoms with Gasteiger partial charge in [0.2, 0.25) is 0 Å². The van der Waals surface area contributed by atoms with Crippen molar-refractivity contribution in [2.24, 2.45) is 0 Å². The van der Waals surface area contributed by atoms with Crippen molar-refractivity contribution in [2.45, 2.75) is 258 Å². The van der Waals surface area contributed by atoms with E-state index in [-0.39, 0.29) is 0 Å². The van der Waals surface area contributed by atoms with Gasteiger partial charge in [0.1, 0.15) is 0 Å². The first kappa shape index (κ1) is 43.2. The van der Waals surface area contributed by atoms with Crippen molar-refractivity contribution in [3.63, 3.8) is 0 Å². The Bertz CT molecular complexity index is 662. The van der Waals surface area contributed by atoms with Crippen LogP contribution in [0.15, 0.2) is 18.2 Å². The van der Waals surface area contributed by atoms with E-state index in [4.69, 9.17) is 0 Å². The third-order valence-electron chi connectivity index (χ3n) is 10.6. The molecule has 1 aromatic carbocycles. The minimum Gasteiger partial charge on any atom is -0.0654 e. The lowest BCUT2D eigenvalue weighted by atomic mass is 9.95. The first-order valence-corrected chi connectivity index (χ1v) is 21.9. The molecule has 0 aliphatic rings. The topological polar surface area (TPSA) is 0 Å². The molecule has 0 aromatic heterocycles. The average Bonchev–Trinajstić information content (AvgIpc) is 3.07. The molecule has 1 rings (SSSR count). The molecule has 0 aliphatic heterocycles. The zero-order chi connectivity index (χ0) is 33.0. The molecule has 0 fully saturated rings. The van der Waals surface area contributed by atoms with E-state index >= 15 is 0 Å². The van der Waals surface area contributed by atoms with Gasteiger partial charge in [-0.2, -0.15) is 0 Å². The summed E-state index contributed by atoms with van der Waals surface area (Å²) in [6, 6.07) is 7.68. The molecule has 0 N–H and O–H groups in total. The first-order chi connectivity index (χ1) is 22.8. The number of aryl methyl sites for hydroxylation is 3. The van der Waals surface area contributed by atoms with Crippen molar-refractivity contribution in [1.29, 1.82) is 0 Å². The molecule has 0 unspecified atom stereocenters. The fraction of sp³-hybridized carbons (Fsp3) is 0.870. The average molecular weight is 639 g/mol. The summed E-state index contributed by atoms with van der Waals surface area (Å²) >= 11 is 0. The Morgan fingerprint density at radius 2 is 0.391 bits per heavy atom. The predicted octanol–water partition coefficient (Wildman–Crippen LogP) is 16.6. The molecule has 46 heavy (non-hydrogen) atoms. The van der Waals surface area contributed by atoms with Crippen molar-refractivity contribution < 1.29 is 0 Å². The van der Waals surface area contributed by atoms with Gasteiger partial charge in [0, 0.05) is 0 Å². The number of hydrogen-bond donors (Lipinski definition) is 0. The van der Waals surface area contributed by atoms with Gasteiger partial charge in [0.15, 0.2) is 0 Å². The van der Waals surface area contributed by atoms with Gasteiger partial charge in [-0.05, 0) is 55.2 Å². The summed E-state index contributed by atoms with van der Waals surface area (Å²) in [5, 5.41) is 0. The number of hydrogen-bond acceptors (Lipinski definition) is 0. The summed E-state index contributed by atoms with van der Waals surface area (Å²) in [6.07, 6.45) is 53.0. The highest BCUT2D eigenvalue weighted by Crippen LogP contribution is 2.20. The summed E-state index contributed by atoms with van der Waals surface area (Å²) in [4.78, 5) is 0. The zero-order valence-corrected chi connectivity index (χ0v) is 32.4. The molecule has 0 amide bonds. The summed E-state index contributed by atoms with van der Waals surface area (Å²) in [5.41, 5.74) is 4.87. The van der Waals surface area contributed by atoms with Crippen molar-refractivity contribution in [3.8, 4) is 0 Å². The molecule has 0 saturated carbocycles. The van der Waals surface area contributed by atoms with Gasteiger partial charge in [0.05, 0.1) is 0 Å². The smallest absolute Gasteiger partial charge is 0.0279 e. The van der Waals surface area contributed by atoms with Crippen molar-refractivity contribution in [2.75, 3.05) is 0 Å². The highest BCUT2D eigenvalue weighted by Gasteiger charge is 2.04. The molecule has 0 bridgehead atoms. The van der Waals surface area contributed by atoms with Crippen molar-refractivity contribution in [3.05, 3.63) is 34.9 Å². The highest BCUT2D eigenvalue weighted by molar-refractivity contribution is 5.30. The number of benzene rings is 1. The maximum Gasteiger partial charge on any atom is -0.0279 e.